The number of alkyl carbamates (subject to hydrolysis) is 1. The third-order valence-corrected chi connectivity index (χ3v) is 2.88. The number of carbonyl (C=O) groups excluding carboxylic acids is 1. The third-order valence-electron chi connectivity index (χ3n) is 2.57. The molecule has 0 saturated carbocycles. The summed E-state index contributed by atoms with van der Waals surface area (Å²) in [6.45, 7) is 3.54. The summed E-state index contributed by atoms with van der Waals surface area (Å²) in [6.07, 6.45) is -1.06. The van der Waals surface area contributed by atoms with Gasteiger partial charge in [-0.25, -0.2) is 4.79 Å². The number of alkyl halides is 1. The Labute approximate surface area is 118 Å². The third kappa shape index (κ3) is 5.94. The Bertz CT molecular complexity index is 384. The van der Waals surface area contributed by atoms with Crippen LogP contribution in [-0.2, 0) is 11.2 Å². The predicted molar refractivity (Wildman–Crippen MR) is 75.4 cm³/mol. The molecule has 0 heterocycles. The predicted octanol–water partition coefficient (Wildman–Crippen LogP) is 2.33. The summed E-state index contributed by atoms with van der Waals surface area (Å²) >= 11 is 5.66. The van der Waals surface area contributed by atoms with Gasteiger partial charge in [-0.15, -0.1) is 11.6 Å². The Balaban J connectivity index is 2.64. The van der Waals surface area contributed by atoms with E-state index in [-0.39, 0.29) is 12.0 Å². The van der Waals surface area contributed by atoms with E-state index in [9.17, 15) is 9.90 Å². The van der Waals surface area contributed by atoms with Crippen molar-refractivity contribution in [2.24, 2.45) is 0 Å². The molecule has 0 fully saturated rings. The van der Waals surface area contributed by atoms with E-state index in [1.165, 1.54) is 0 Å². The Kier molecular flexibility index (Phi) is 6.67. The summed E-state index contributed by atoms with van der Waals surface area (Å²) in [6, 6.07) is 9.13. The Morgan fingerprint density at radius 1 is 1.37 bits per heavy atom. The van der Waals surface area contributed by atoms with Gasteiger partial charge in [0.25, 0.3) is 0 Å². The lowest BCUT2D eigenvalue weighted by atomic mass is 10.0. The van der Waals surface area contributed by atoms with E-state index >= 15 is 0 Å². The van der Waals surface area contributed by atoms with E-state index in [0.717, 1.165) is 5.56 Å². The number of amides is 1. The molecule has 0 unspecified atom stereocenters. The second-order valence-corrected chi connectivity index (χ2v) is 4.92. The maximum Gasteiger partial charge on any atom is 0.407 e. The van der Waals surface area contributed by atoms with E-state index < -0.39 is 18.2 Å². The zero-order valence-electron chi connectivity index (χ0n) is 11.2. The number of rotatable bonds is 6. The zero-order chi connectivity index (χ0) is 14.3. The molecule has 19 heavy (non-hydrogen) atoms. The van der Waals surface area contributed by atoms with Crippen LogP contribution in [-0.4, -0.2) is 35.3 Å². The van der Waals surface area contributed by atoms with Gasteiger partial charge in [0.2, 0.25) is 0 Å². The highest BCUT2D eigenvalue weighted by Gasteiger charge is 2.22. The molecule has 0 aliphatic rings. The molecule has 1 aromatic carbocycles. The molecule has 106 valence electrons. The minimum absolute atomic E-state index is 0.0550. The van der Waals surface area contributed by atoms with E-state index in [1.54, 1.807) is 13.8 Å². The molecule has 2 atom stereocenters. The fraction of sp³-hybridized carbons (Fsp3) is 0.500. The highest BCUT2D eigenvalue weighted by molar-refractivity contribution is 6.18. The topological polar surface area (TPSA) is 58.6 Å². The average Bonchev–Trinajstić information content (AvgIpc) is 2.37. The maximum absolute atomic E-state index is 11.6. The van der Waals surface area contributed by atoms with Crippen molar-refractivity contribution in [3.8, 4) is 0 Å². The molecule has 0 aromatic heterocycles. The van der Waals surface area contributed by atoms with Crippen molar-refractivity contribution in [2.45, 2.75) is 38.5 Å². The minimum atomic E-state index is -0.818. The van der Waals surface area contributed by atoms with Crippen molar-refractivity contribution in [1.82, 2.24) is 5.32 Å². The van der Waals surface area contributed by atoms with Gasteiger partial charge in [0, 0.05) is 0 Å². The molecular formula is C14H20ClNO3. The van der Waals surface area contributed by atoms with Crippen LogP contribution in [0, 0.1) is 0 Å². The highest BCUT2D eigenvalue weighted by atomic mass is 35.5. The summed E-state index contributed by atoms with van der Waals surface area (Å²) < 4.78 is 5.01. The molecule has 0 aliphatic heterocycles. The SMILES string of the molecule is CC(C)OC(=O)N[C@@H](Cc1ccccc1)[C@H](O)CCl. The van der Waals surface area contributed by atoms with Gasteiger partial charge in [-0.2, -0.15) is 0 Å². The average molecular weight is 286 g/mol. The fourth-order valence-electron chi connectivity index (χ4n) is 1.66. The second kappa shape index (κ2) is 8.02. The van der Waals surface area contributed by atoms with Crippen LogP contribution in [0.2, 0.25) is 0 Å². The van der Waals surface area contributed by atoms with Gasteiger partial charge in [-0.05, 0) is 25.8 Å². The monoisotopic (exact) mass is 285 g/mol. The van der Waals surface area contributed by atoms with Crippen LogP contribution in [0.5, 0.6) is 0 Å². The fourth-order valence-corrected chi connectivity index (χ4v) is 1.87. The molecule has 2 N–H and O–H groups in total. The van der Waals surface area contributed by atoms with E-state index in [0.29, 0.717) is 6.42 Å². The molecule has 5 heteroatoms. The number of carbonyl (C=O) groups is 1. The normalized spacial score (nSPS) is 13.9. The maximum atomic E-state index is 11.6. The van der Waals surface area contributed by atoms with E-state index in [4.69, 9.17) is 16.3 Å². The van der Waals surface area contributed by atoms with Crippen molar-refractivity contribution in [2.75, 3.05) is 5.88 Å². The first-order chi connectivity index (χ1) is 9.02. The summed E-state index contributed by atoms with van der Waals surface area (Å²) in [5.74, 6) is 0.0550. The van der Waals surface area contributed by atoms with Gasteiger partial charge in [-0.3, -0.25) is 0 Å². The van der Waals surface area contributed by atoms with E-state index in [2.05, 4.69) is 5.32 Å². The molecule has 0 saturated heterocycles. The number of hydrogen-bond acceptors (Lipinski definition) is 3. The summed E-state index contributed by atoms with van der Waals surface area (Å²) in [4.78, 5) is 11.6. The van der Waals surface area contributed by atoms with Crippen LogP contribution >= 0.6 is 11.6 Å². The van der Waals surface area contributed by atoms with Crippen molar-refractivity contribution in [1.29, 1.82) is 0 Å². The van der Waals surface area contributed by atoms with Crippen LogP contribution in [0.1, 0.15) is 19.4 Å². The molecule has 4 nitrogen and oxygen atoms in total. The van der Waals surface area contributed by atoms with Crippen LogP contribution in [0.25, 0.3) is 0 Å². The minimum Gasteiger partial charge on any atom is -0.447 e. The Morgan fingerprint density at radius 3 is 2.53 bits per heavy atom. The Morgan fingerprint density at radius 2 is 2.00 bits per heavy atom. The molecule has 0 bridgehead atoms. The smallest absolute Gasteiger partial charge is 0.407 e. The lowest BCUT2D eigenvalue weighted by molar-refractivity contribution is 0.0950. The largest absolute Gasteiger partial charge is 0.447 e. The lowest BCUT2D eigenvalue weighted by Gasteiger charge is -2.23. The van der Waals surface area contributed by atoms with Crippen molar-refractivity contribution < 1.29 is 14.6 Å². The van der Waals surface area contributed by atoms with Gasteiger partial charge in [0.15, 0.2) is 0 Å². The van der Waals surface area contributed by atoms with Gasteiger partial charge in [0.05, 0.1) is 24.1 Å². The quantitative estimate of drug-likeness (QED) is 0.789. The van der Waals surface area contributed by atoms with Gasteiger partial charge in [0.1, 0.15) is 0 Å². The van der Waals surface area contributed by atoms with Gasteiger partial charge >= 0.3 is 6.09 Å². The molecule has 1 rings (SSSR count). The number of aliphatic hydroxyl groups is 1. The van der Waals surface area contributed by atoms with Crippen molar-refractivity contribution >= 4 is 17.7 Å². The van der Waals surface area contributed by atoms with Gasteiger partial charge in [-0.1, -0.05) is 30.3 Å². The first-order valence-electron chi connectivity index (χ1n) is 6.28. The zero-order valence-corrected chi connectivity index (χ0v) is 11.9. The first-order valence-corrected chi connectivity index (χ1v) is 6.81. The van der Waals surface area contributed by atoms with Crippen LogP contribution in [0.15, 0.2) is 30.3 Å². The Hall–Kier alpha value is -1.26. The molecule has 0 aliphatic carbocycles. The van der Waals surface area contributed by atoms with Crippen LogP contribution < -0.4 is 5.32 Å². The second-order valence-electron chi connectivity index (χ2n) is 4.62. The standard InChI is InChI=1S/C14H20ClNO3/c1-10(2)19-14(18)16-12(13(17)9-15)8-11-6-4-3-5-7-11/h3-7,10,12-13,17H,8-9H2,1-2H3,(H,16,18)/t12-,13+/m0/s1. The number of hydrogen-bond donors (Lipinski definition) is 2. The number of benzene rings is 1. The summed E-state index contributed by atoms with van der Waals surface area (Å²) in [5, 5.41) is 12.5. The number of ether oxygens (including phenoxy) is 1. The summed E-state index contributed by atoms with van der Waals surface area (Å²) in [7, 11) is 0. The van der Waals surface area contributed by atoms with Crippen LogP contribution in [0.4, 0.5) is 4.79 Å². The van der Waals surface area contributed by atoms with Crippen molar-refractivity contribution in [3.63, 3.8) is 0 Å². The molecule has 1 aromatic rings. The number of aliphatic hydroxyl groups excluding tert-OH is 1. The van der Waals surface area contributed by atoms with Crippen molar-refractivity contribution in [3.05, 3.63) is 35.9 Å². The molecule has 0 radical (unpaired) electrons. The van der Waals surface area contributed by atoms with Crippen LogP contribution in [0.3, 0.4) is 0 Å². The van der Waals surface area contributed by atoms with Gasteiger partial charge < -0.3 is 15.2 Å². The lowest BCUT2D eigenvalue weighted by Crippen LogP contribution is -2.46. The first kappa shape index (κ1) is 15.8. The summed E-state index contributed by atoms with van der Waals surface area (Å²) in [5.41, 5.74) is 1.02. The highest BCUT2D eigenvalue weighted by Crippen LogP contribution is 2.08. The molecule has 0 spiro atoms. The molecular weight excluding hydrogens is 266 g/mol. The molecule has 1 amide bonds. The number of nitrogens with one attached hydrogen (secondary N) is 1. The van der Waals surface area contributed by atoms with E-state index in [1.807, 2.05) is 30.3 Å². The number of halogens is 1.